The van der Waals surface area contributed by atoms with Crippen molar-refractivity contribution in [2.24, 2.45) is 10.1 Å². The highest BCUT2D eigenvalue weighted by atomic mass is 79.9. The number of nitrogens with one attached hydrogen (secondary N) is 1. The minimum absolute atomic E-state index is 0.178. The molecule has 0 aliphatic carbocycles. The zero-order valence-corrected chi connectivity index (χ0v) is 19.3. The summed E-state index contributed by atoms with van der Waals surface area (Å²) in [6.07, 6.45) is -0.474. The Bertz CT molecular complexity index is 1370. The Kier molecular flexibility index (Phi) is 5.19. The molecule has 1 N–H and O–H groups in total. The Morgan fingerprint density at radius 3 is 2.74 bits per heavy atom. The standard InChI is InChI=1S/C23H19BrN4O2S/c1-3-31-23-26-22(29)20-17-12-13(24)8-10-18(17)25-21(28(20)27-23)16-9-11-19(30-2)15-7-5-4-6-14(15)16/h4-12,21H,3H2,1-2H3,(H,26,27,29). The van der Waals surface area contributed by atoms with E-state index in [0.29, 0.717) is 10.9 Å². The summed E-state index contributed by atoms with van der Waals surface area (Å²) in [6, 6.07) is 17.8. The molecule has 2 aliphatic heterocycles. The SMILES string of the molecule is CCSC1=NN2C(=c3cc(Br)ccc3=NC2c2ccc(OC)c3ccccc23)C(=O)N1. The zero-order valence-electron chi connectivity index (χ0n) is 16.9. The summed E-state index contributed by atoms with van der Waals surface area (Å²) in [5.41, 5.74) is 1.46. The van der Waals surface area contributed by atoms with Crippen molar-refractivity contribution in [1.29, 1.82) is 0 Å². The first-order valence-corrected chi connectivity index (χ1v) is 11.6. The van der Waals surface area contributed by atoms with E-state index in [1.54, 1.807) is 12.1 Å². The molecule has 156 valence electrons. The molecule has 0 radical (unpaired) electrons. The molecule has 3 aromatic carbocycles. The second-order valence-electron chi connectivity index (χ2n) is 7.05. The molecule has 6 nitrogen and oxygen atoms in total. The van der Waals surface area contributed by atoms with Crippen LogP contribution in [0.1, 0.15) is 18.7 Å². The molecule has 0 aromatic heterocycles. The molecule has 3 aromatic rings. The van der Waals surface area contributed by atoms with E-state index in [9.17, 15) is 4.79 Å². The first-order valence-electron chi connectivity index (χ1n) is 9.86. The van der Waals surface area contributed by atoms with E-state index >= 15 is 0 Å². The van der Waals surface area contributed by atoms with Crippen LogP contribution in [0.4, 0.5) is 0 Å². The molecule has 0 spiro atoms. The molecule has 1 amide bonds. The normalized spacial score (nSPS) is 17.5. The molecule has 2 heterocycles. The van der Waals surface area contributed by atoms with Gasteiger partial charge in [-0.1, -0.05) is 64.9 Å². The van der Waals surface area contributed by atoms with E-state index in [2.05, 4.69) is 27.3 Å². The summed E-state index contributed by atoms with van der Waals surface area (Å²) in [5, 5.41) is 13.6. The summed E-state index contributed by atoms with van der Waals surface area (Å²) >= 11 is 5.01. The number of fused-ring (bicyclic) bond motifs is 3. The van der Waals surface area contributed by atoms with Crippen LogP contribution < -0.4 is 20.6 Å². The average Bonchev–Trinajstić information content (AvgIpc) is 2.78. The van der Waals surface area contributed by atoms with Crippen LogP contribution in [0.15, 0.2) is 69.2 Å². The maximum atomic E-state index is 13.2. The van der Waals surface area contributed by atoms with E-state index in [4.69, 9.17) is 14.8 Å². The van der Waals surface area contributed by atoms with Crippen LogP contribution in [0, 0.1) is 0 Å². The first-order chi connectivity index (χ1) is 15.1. The lowest BCUT2D eigenvalue weighted by molar-refractivity contribution is -0.116. The number of nitrogens with zero attached hydrogens (tertiary/aromatic N) is 3. The zero-order chi connectivity index (χ0) is 21.5. The predicted octanol–water partition coefficient (Wildman–Crippen LogP) is 3.51. The molecular weight excluding hydrogens is 476 g/mol. The number of hydrogen-bond acceptors (Lipinski definition) is 6. The van der Waals surface area contributed by atoms with Crippen molar-refractivity contribution in [3.63, 3.8) is 0 Å². The second kappa shape index (κ2) is 8.01. The molecule has 8 heteroatoms. The van der Waals surface area contributed by atoms with Gasteiger partial charge in [0, 0.05) is 20.6 Å². The van der Waals surface area contributed by atoms with Gasteiger partial charge in [-0.15, -0.1) is 5.10 Å². The quantitative estimate of drug-likeness (QED) is 0.604. The van der Waals surface area contributed by atoms with Crippen LogP contribution in [-0.2, 0) is 4.79 Å². The van der Waals surface area contributed by atoms with E-state index in [0.717, 1.165) is 42.9 Å². The van der Waals surface area contributed by atoms with Gasteiger partial charge < -0.3 is 4.74 Å². The van der Waals surface area contributed by atoms with Gasteiger partial charge >= 0.3 is 0 Å². The molecule has 1 atom stereocenters. The summed E-state index contributed by atoms with van der Waals surface area (Å²) in [6.45, 7) is 2.03. The molecule has 2 aliphatic rings. The highest BCUT2D eigenvalue weighted by Gasteiger charge is 2.35. The van der Waals surface area contributed by atoms with Crippen LogP contribution >= 0.6 is 27.7 Å². The van der Waals surface area contributed by atoms with Gasteiger partial charge in [-0.25, -0.2) is 5.01 Å². The number of amidine groups is 1. The van der Waals surface area contributed by atoms with Crippen molar-refractivity contribution < 1.29 is 9.53 Å². The molecule has 0 saturated heterocycles. The number of carbonyl (C=O) groups is 1. The Labute approximate surface area is 191 Å². The van der Waals surface area contributed by atoms with Crippen LogP contribution in [0.25, 0.3) is 16.5 Å². The van der Waals surface area contributed by atoms with Crippen LogP contribution in [0.2, 0.25) is 0 Å². The first kappa shape index (κ1) is 20.1. The van der Waals surface area contributed by atoms with E-state index < -0.39 is 6.17 Å². The molecule has 0 saturated carbocycles. The van der Waals surface area contributed by atoms with Gasteiger partial charge in [0.2, 0.25) is 0 Å². The Morgan fingerprint density at radius 2 is 1.97 bits per heavy atom. The van der Waals surface area contributed by atoms with Gasteiger partial charge in [0.15, 0.2) is 11.3 Å². The fourth-order valence-corrected chi connectivity index (χ4v) is 4.90. The second-order valence-corrected chi connectivity index (χ2v) is 9.22. The van der Waals surface area contributed by atoms with Gasteiger partial charge in [-0.05, 0) is 35.4 Å². The number of ether oxygens (including phenoxy) is 1. The lowest BCUT2D eigenvalue weighted by Crippen LogP contribution is -2.50. The van der Waals surface area contributed by atoms with Gasteiger partial charge in [-0.3, -0.25) is 15.1 Å². The highest BCUT2D eigenvalue weighted by molar-refractivity contribution is 9.10. The summed E-state index contributed by atoms with van der Waals surface area (Å²) in [4.78, 5) is 18.2. The largest absolute Gasteiger partial charge is 0.496 e. The Hall–Kier alpha value is -2.84. The molecule has 31 heavy (non-hydrogen) atoms. The monoisotopic (exact) mass is 494 g/mol. The fourth-order valence-electron chi connectivity index (χ4n) is 3.95. The predicted molar refractivity (Wildman–Crippen MR) is 127 cm³/mol. The van der Waals surface area contributed by atoms with Gasteiger partial charge in [-0.2, -0.15) is 0 Å². The van der Waals surface area contributed by atoms with Gasteiger partial charge in [0.05, 0.1) is 12.5 Å². The molecule has 0 fully saturated rings. The summed E-state index contributed by atoms with van der Waals surface area (Å²) in [7, 11) is 1.67. The number of halogens is 1. The smallest absolute Gasteiger partial charge is 0.276 e. The highest BCUT2D eigenvalue weighted by Crippen LogP contribution is 2.37. The van der Waals surface area contributed by atoms with E-state index in [1.807, 2.05) is 55.5 Å². The third-order valence-electron chi connectivity index (χ3n) is 5.27. The number of carbonyl (C=O) groups excluding carboxylic acids is 1. The number of hydrogen-bond donors (Lipinski definition) is 1. The van der Waals surface area contributed by atoms with Crippen molar-refractivity contribution in [2.45, 2.75) is 13.1 Å². The molecule has 0 bridgehead atoms. The third kappa shape index (κ3) is 3.40. The number of thioether (sulfide) groups is 1. The van der Waals surface area contributed by atoms with Crippen molar-refractivity contribution in [2.75, 3.05) is 12.9 Å². The van der Waals surface area contributed by atoms with Crippen molar-refractivity contribution in [1.82, 2.24) is 10.3 Å². The molecule has 1 unspecified atom stereocenters. The number of rotatable bonds is 3. The third-order valence-corrected chi connectivity index (χ3v) is 6.51. The summed E-state index contributed by atoms with van der Waals surface area (Å²) < 4.78 is 6.44. The van der Waals surface area contributed by atoms with Crippen LogP contribution in [0.3, 0.4) is 0 Å². The number of amides is 1. The van der Waals surface area contributed by atoms with Gasteiger partial charge in [0.25, 0.3) is 5.91 Å². The Balaban J connectivity index is 1.80. The van der Waals surface area contributed by atoms with E-state index in [-0.39, 0.29) is 5.91 Å². The van der Waals surface area contributed by atoms with Crippen molar-refractivity contribution in [3.8, 4) is 5.75 Å². The number of methoxy groups -OCH3 is 1. The van der Waals surface area contributed by atoms with Crippen LogP contribution in [0.5, 0.6) is 5.75 Å². The molecular formula is C23H19BrN4O2S. The lowest BCUT2D eigenvalue weighted by Gasteiger charge is -2.34. The number of hydrazone groups is 1. The minimum atomic E-state index is -0.474. The maximum absolute atomic E-state index is 13.2. The number of benzene rings is 3. The Morgan fingerprint density at radius 1 is 1.16 bits per heavy atom. The summed E-state index contributed by atoms with van der Waals surface area (Å²) in [5.74, 6) is 1.42. The van der Waals surface area contributed by atoms with Crippen LogP contribution in [-0.4, -0.2) is 28.9 Å². The van der Waals surface area contributed by atoms with Crippen molar-refractivity contribution in [3.05, 3.63) is 75.2 Å². The lowest BCUT2D eigenvalue weighted by atomic mass is 10.00. The maximum Gasteiger partial charge on any atom is 0.276 e. The minimum Gasteiger partial charge on any atom is -0.496 e. The fraction of sp³-hybridized carbons (Fsp3) is 0.174. The van der Waals surface area contributed by atoms with Crippen molar-refractivity contribution >= 4 is 55.2 Å². The van der Waals surface area contributed by atoms with Gasteiger partial charge in [0.1, 0.15) is 11.4 Å². The average molecular weight is 495 g/mol. The molecule has 5 rings (SSSR count). The topological polar surface area (TPSA) is 66.3 Å². The van der Waals surface area contributed by atoms with E-state index in [1.165, 1.54) is 11.8 Å².